The van der Waals surface area contributed by atoms with E-state index in [0.29, 0.717) is 6.54 Å². The number of likely N-dealkylation sites (tertiary alicyclic amines) is 1. The Kier molecular flexibility index (Phi) is 3.06. The third kappa shape index (κ3) is 2.13. The highest BCUT2D eigenvalue weighted by Gasteiger charge is 2.28. The molecule has 0 radical (unpaired) electrons. The molecule has 94 valence electrons. The number of carbonyl (C=O) groups is 1. The van der Waals surface area contributed by atoms with Crippen LogP contribution in [0.2, 0.25) is 0 Å². The zero-order valence-corrected chi connectivity index (χ0v) is 10.8. The lowest BCUT2D eigenvalue weighted by atomic mass is 10.1. The second-order valence-electron chi connectivity index (χ2n) is 4.82. The normalized spacial score (nSPS) is 20.6. The van der Waals surface area contributed by atoms with Gasteiger partial charge in [0.2, 0.25) is 0 Å². The molecule has 0 saturated carbocycles. The Labute approximate surface area is 110 Å². The van der Waals surface area contributed by atoms with Crippen LogP contribution in [-0.4, -0.2) is 29.1 Å². The Morgan fingerprint density at radius 3 is 3.06 bits per heavy atom. The van der Waals surface area contributed by atoms with Gasteiger partial charge in [0.1, 0.15) is 0 Å². The molecular weight excluding hydrogens is 246 g/mol. The molecule has 1 aromatic carbocycles. The van der Waals surface area contributed by atoms with E-state index in [1.165, 1.54) is 15.6 Å². The van der Waals surface area contributed by atoms with Crippen molar-refractivity contribution in [3.05, 3.63) is 35.2 Å². The van der Waals surface area contributed by atoms with Gasteiger partial charge in [0.25, 0.3) is 0 Å². The van der Waals surface area contributed by atoms with Crippen molar-refractivity contribution in [2.24, 2.45) is 5.92 Å². The number of rotatable bonds is 3. The molecule has 0 bridgehead atoms. The highest BCUT2D eigenvalue weighted by atomic mass is 32.1. The molecule has 1 unspecified atom stereocenters. The van der Waals surface area contributed by atoms with Gasteiger partial charge in [-0.1, -0.05) is 18.2 Å². The van der Waals surface area contributed by atoms with Crippen LogP contribution in [0.4, 0.5) is 0 Å². The molecule has 1 aromatic heterocycles. The largest absolute Gasteiger partial charge is 0.481 e. The molecule has 2 aromatic rings. The van der Waals surface area contributed by atoms with Gasteiger partial charge in [-0.25, -0.2) is 0 Å². The number of fused-ring (bicyclic) bond motifs is 1. The van der Waals surface area contributed by atoms with Crippen molar-refractivity contribution in [1.29, 1.82) is 0 Å². The lowest BCUT2D eigenvalue weighted by Crippen LogP contribution is -2.22. The molecular formula is C14H15NO2S. The van der Waals surface area contributed by atoms with Crippen LogP contribution in [0.1, 0.15) is 12.0 Å². The van der Waals surface area contributed by atoms with Crippen molar-refractivity contribution >= 4 is 27.4 Å². The van der Waals surface area contributed by atoms with E-state index in [-0.39, 0.29) is 5.92 Å². The number of hydrogen-bond acceptors (Lipinski definition) is 3. The third-order valence-electron chi connectivity index (χ3n) is 3.58. The van der Waals surface area contributed by atoms with Crippen molar-refractivity contribution in [2.75, 3.05) is 13.1 Å². The molecule has 0 amide bonds. The second kappa shape index (κ2) is 4.71. The van der Waals surface area contributed by atoms with Crippen molar-refractivity contribution in [1.82, 2.24) is 4.90 Å². The summed E-state index contributed by atoms with van der Waals surface area (Å²) in [4.78, 5) is 13.2. The van der Waals surface area contributed by atoms with Crippen LogP contribution >= 0.6 is 11.3 Å². The zero-order valence-electron chi connectivity index (χ0n) is 10.0. The average molecular weight is 261 g/mol. The average Bonchev–Trinajstić information content (AvgIpc) is 2.98. The molecule has 1 atom stereocenters. The highest BCUT2D eigenvalue weighted by Crippen LogP contribution is 2.28. The summed E-state index contributed by atoms with van der Waals surface area (Å²) < 4.78 is 1.31. The second-order valence-corrected chi connectivity index (χ2v) is 5.73. The molecule has 1 fully saturated rings. The Hall–Kier alpha value is -1.39. The maximum Gasteiger partial charge on any atom is 0.307 e. The van der Waals surface area contributed by atoms with Gasteiger partial charge in [0.15, 0.2) is 0 Å². The van der Waals surface area contributed by atoms with Crippen molar-refractivity contribution in [3.63, 3.8) is 0 Å². The molecule has 3 nitrogen and oxygen atoms in total. The molecule has 1 aliphatic rings. The summed E-state index contributed by atoms with van der Waals surface area (Å²) in [7, 11) is 0. The number of hydrogen-bond donors (Lipinski definition) is 1. The zero-order chi connectivity index (χ0) is 12.5. The fourth-order valence-corrected chi connectivity index (χ4v) is 3.53. The number of carboxylic acid groups (broad SMARTS) is 1. The number of benzene rings is 1. The smallest absolute Gasteiger partial charge is 0.307 e. The molecule has 0 spiro atoms. The van der Waals surface area contributed by atoms with E-state index in [4.69, 9.17) is 5.11 Å². The minimum Gasteiger partial charge on any atom is -0.481 e. The van der Waals surface area contributed by atoms with Crippen LogP contribution < -0.4 is 0 Å². The lowest BCUT2D eigenvalue weighted by Gasteiger charge is -2.14. The van der Waals surface area contributed by atoms with Crippen LogP contribution in [0.25, 0.3) is 10.1 Å². The number of carboxylic acids is 1. The van der Waals surface area contributed by atoms with E-state index in [0.717, 1.165) is 19.5 Å². The van der Waals surface area contributed by atoms with Gasteiger partial charge < -0.3 is 5.11 Å². The summed E-state index contributed by atoms with van der Waals surface area (Å²) in [5, 5.41) is 12.5. The molecule has 1 saturated heterocycles. The standard InChI is InChI=1S/C14H15NO2S/c16-14(17)10-5-6-15(7-10)8-11-9-18-13-4-2-1-3-12(11)13/h1-4,9-10H,5-8H2,(H,16,17). The van der Waals surface area contributed by atoms with Gasteiger partial charge in [-0.05, 0) is 35.4 Å². The Morgan fingerprint density at radius 1 is 1.44 bits per heavy atom. The first-order valence-corrected chi connectivity index (χ1v) is 7.02. The molecule has 0 aliphatic carbocycles. The number of nitrogens with zero attached hydrogens (tertiary/aromatic N) is 1. The van der Waals surface area contributed by atoms with Crippen LogP contribution in [0.5, 0.6) is 0 Å². The van der Waals surface area contributed by atoms with Gasteiger partial charge in [0.05, 0.1) is 5.92 Å². The van der Waals surface area contributed by atoms with Crippen LogP contribution in [0.3, 0.4) is 0 Å². The maximum atomic E-state index is 10.9. The number of thiophene rings is 1. The molecule has 4 heteroatoms. The molecule has 1 aliphatic heterocycles. The highest BCUT2D eigenvalue weighted by molar-refractivity contribution is 7.17. The van der Waals surface area contributed by atoms with Crippen molar-refractivity contribution < 1.29 is 9.90 Å². The van der Waals surface area contributed by atoms with E-state index < -0.39 is 5.97 Å². The fourth-order valence-electron chi connectivity index (χ4n) is 2.57. The van der Waals surface area contributed by atoms with Crippen LogP contribution in [0, 0.1) is 5.92 Å². The maximum absolute atomic E-state index is 10.9. The summed E-state index contributed by atoms with van der Waals surface area (Å²) >= 11 is 1.76. The summed E-state index contributed by atoms with van der Waals surface area (Å²) in [6.07, 6.45) is 0.775. The predicted octanol–water partition coefficient (Wildman–Crippen LogP) is 2.81. The van der Waals surface area contributed by atoms with Gasteiger partial charge >= 0.3 is 5.97 Å². The van der Waals surface area contributed by atoms with E-state index in [2.05, 4.69) is 34.5 Å². The minimum absolute atomic E-state index is 0.185. The summed E-state index contributed by atoms with van der Waals surface area (Å²) in [6.45, 7) is 2.44. The first-order chi connectivity index (χ1) is 8.74. The van der Waals surface area contributed by atoms with E-state index in [9.17, 15) is 4.79 Å². The van der Waals surface area contributed by atoms with Crippen LogP contribution in [0.15, 0.2) is 29.6 Å². The third-order valence-corrected chi connectivity index (χ3v) is 4.59. The van der Waals surface area contributed by atoms with Crippen LogP contribution in [-0.2, 0) is 11.3 Å². The van der Waals surface area contributed by atoms with E-state index in [1.807, 2.05) is 0 Å². The monoisotopic (exact) mass is 261 g/mol. The minimum atomic E-state index is -0.660. The Balaban J connectivity index is 1.76. The summed E-state index contributed by atoms with van der Waals surface area (Å²) in [5.74, 6) is -0.845. The first-order valence-electron chi connectivity index (χ1n) is 6.14. The van der Waals surface area contributed by atoms with Gasteiger partial charge in [-0.2, -0.15) is 0 Å². The molecule has 1 N–H and O–H groups in total. The first kappa shape index (κ1) is 11.7. The van der Waals surface area contributed by atoms with Gasteiger partial charge in [0, 0.05) is 17.8 Å². The van der Waals surface area contributed by atoms with Crippen molar-refractivity contribution in [3.8, 4) is 0 Å². The molecule has 18 heavy (non-hydrogen) atoms. The van der Waals surface area contributed by atoms with Crippen molar-refractivity contribution in [2.45, 2.75) is 13.0 Å². The van der Waals surface area contributed by atoms with E-state index in [1.54, 1.807) is 11.3 Å². The van der Waals surface area contributed by atoms with E-state index >= 15 is 0 Å². The lowest BCUT2D eigenvalue weighted by molar-refractivity contribution is -0.141. The quantitative estimate of drug-likeness (QED) is 0.923. The predicted molar refractivity (Wildman–Crippen MR) is 72.8 cm³/mol. The fraction of sp³-hybridized carbons (Fsp3) is 0.357. The summed E-state index contributed by atoms with van der Waals surface area (Å²) in [6, 6.07) is 8.39. The topological polar surface area (TPSA) is 40.5 Å². The number of aliphatic carboxylic acids is 1. The molecule has 2 heterocycles. The van der Waals surface area contributed by atoms with Gasteiger partial charge in [-0.3, -0.25) is 9.69 Å². The summed E-state index contributed by atoms with van der Waals surface area (Å²) in [5.41, 5.74) is 1.32. The van der Waals surface area contributed by atoms with Gasteiger partial charge in [-0.15, -0.1) is 11.3 Å². The Morgan fingerprint density at radius 2 is 2.28 bits per heavy atom. The Bertz CT molecular complexity index is 578. The SMILES string of the molecule is O=C(O)C1CCN(Cc2csc3ccccc23)C1. The molecule has 3 rings (SSSR count).